The molecule has 1 aliphatic heterocycles. The Balaban J connectivity index is 1.74. The molecule has 1 aliphatic rings. The van der Waals surface area contributed by atoms with Crippen molar-refractivity contribution in [3.8, 4) is 5.88 Å². The second-order valence-electron chi connectivity index (χ2n) is 5.67. The van der Waals surface area contributed by atoms with Crippen LogP contribution in [0.3, 0.4) is 0 Å². The van der Waals surface area contributed by atoms with E-state index in [1.54, 1.807) is 24.1 Å². The van der Waals surface area contributed by atoms with Gasteiger partial charge in [0.2, 0.25) is 11.8 Å². The van der Waals surface area contributed by atoms with Gasteiger partial charge in [0, 0.05) is 38.7 Å². The maximum atomic E-state index is 12.0. The highest BCUT2D eigenvalue weighted by Gasteiger charge is 2.22. The van der Waals surface area contributed by atoms with E-state index in [-0.39, 0.29) is 18.0 Å². The second kappa shape index (κ2) is 9.07. The van der Waals surface area contributed by atoms with E-state index < -0.39 is 0 Å². The lowest BCUT2D eigenvalue weighted by atomic mass is 10.3. The Kier molecular flexibility index (Phi) is 6.80. The van der Waals surface area contributed by atoms with Crippen LogP contribution in [-0.2, 0) is 9.53 Å². The number of aromatic nitrogens is 1. The van der Waals surface area contributed by atoms with E-state index in [1.165, 1.54) is 6.20 Å². The van der Waals surface area contributed by atoms with Crippen LogP contribution in [0.2, 0.25) is 0 Å². The van der Waals surface area contributed by atoms with E-state index in [0.29, 0.717) is 37.7 Å². The molecule has 1 saturated heterocycles. The van der Waals surface area contributed by atoms with Crippen molar-refractivity contribution >= 4 is 17.6 Å². The minimum Gasteiger partial charge on any atom is -0.475 e. The number of urea groups is 1. The number of rotatable bonds is 8. The second-order valence-corrected chi connectivity index (χ2v) is 5.67. The molecule has 3 amide bonds. The zero-order chi connectivity index (χ0) is 17.4. The summed E-state index contributed by atoms with van der Waals surface area (Å²) in [5, 5.41) is 5.52. The van der Waals surface area contributed by atoms with E-state index in [1.807, 2.05) is 6.92 Å². The third-order valence-corrected chi connectivity index (χ3v) is 3.57. The predicted octanol–water partition coefficient (Wildman–Crippen LogP) is 1.24. The standard InChI is InChI=1S/C16H24N4O4/c1-12(11-20-7-3-4-15(20)21)18-16(22)19-13-5-6-14(17-10-13)24-9-8-23-2/h5-6,10,12H,3-4,7-9,11H2,1-2H3,(H2,18,19,22)/t12-/m1/s1. The van der Waals surface area contributed by atoms with Crippen LogP contribution in [0.25, 0.3) is 0 Å². The molecule has 2 N–H and O–H groups in total. The molecule has 1 fully saturated rings. The summed E-state index contributed by atoms with van der Waals surface area (Å²) in [4.78, 5) is 29.4. The first-order valence-electron chi connectivity index (χ1n) is 8.01. The van der Waals surface area contributed by atoms with Gasteiger partial charge in [-0.25, -0.2) is 9.78 Å². The number of amides is 3. The molecule has 0 saturated carbocycles. The van der Waals surface area contributed by atoms with Gasteiger partial charge in [0.15, 0.2) is 0 Å². The van der Waals surface area contributed by atoms with Gasteiger partial charge < -0.3 is 25.0 Å². The van der Waals surface area contributed by atoms with Crippen molar-refractivity contribution in [2.45, 2.75) is 25.8 Å². The van der Waals surface area contributed by atoms with Gasteiger partial charge in [-0.15, -0.1) is 0 Å². The number of hydrogen-bond donors (Lipinski definition) is 2. The lowest BCUT2D eigenvalue weighted by molar-refractivity contribution is -0.127. The minimum absolute atomic E-state index is 0.128. The average Bonchev–Trinajstić information content (AvgIpc) is 2.94. The zero-order valence-corrected chi connectivity index (χ0v) is 14.1. The third kappa shape index (κ3) is 5.69. The molecule has 2 heterocycles. The minimum atomic E-state index is -0.330. The number of nitrogens with zero attached hydrogens (tertiary/aromatic N) is 2. The molecule has 0 aliphatic carbocycles. The summed E-state index contributed by atoms with van der Waals surface area (Å²) in [6.07, 6.45) is 3.02. The first-order chi connectivity index (χ1) is 11.6. The highest BCUT2D eigenvalue weighted by atomic mass is 16.5. The molecule has 0 radical (unpaired) electrons. The molecule has 132 valence electrons. The summed E-state index contributed by atoms with van der Waals surface area (Å²) in [5.41, 5.74) is 0.566. The largest absolute Gasteiger partial charge is 0.475 e. The van der Waals surface area contributed by atoms with Crippen LogP contribution >= 0.6 is 0 Å². The average molecular weight is 336 g/mol. The molecule has 1 aromatic rings. The van der Waals surface area contributed by atoms with Gasteiger partial charge in [-0.05, 0) is 19.4 Å². The number of carbonyl (C=O) groups is 2. The molecule has 0 aromatic carbocycles. The third-order valence-electron chi connectivity index (χ3n) is 3.57. The van der Waals surface area contributed by atoms with Crippen LogP contribution in [-0.4, -0.2) is 61.3 Å². The zero-order valence-electron chi connectivity index (χ0n) is 14.1. The van der Waals surface area contributed by atoms with Crippen molar-refractivity contribution in [3.63, 3.8) is 0 Å². The Morgan fingerprint density at radius 1 is 1.42 bits per heavy atom. The molecule has 24 heavy (non-hydrogen) atoms. The Hall–Kier alpha value is -2.35. The fourth-order valence-electron chi connectivity index (χ4n) is 2.43. The number of pyridine rings is 1. The topological polar surface area (TPSA) is 92.8 Å². The fraction of sp³-hybridized carbons (Fsp3) is 0.562. The van der Waals surface area contributed by atoms with Gasteiger partial charge in [-0.1, -0.05) is 0 Å². The van der Waals surface area contributed by atoms with E-state index in [2.05, 4.69) is 15.6 Å². The first-order valence-corrected chi connectivity index (χ1v) is 8.01. The summed E-state index contributed by atoms with van der Waals surface area (Å²) < 4.78 is 10.2. The fourth-order valence-corrected chi connectivity index (χ4v) is 2.43. The highest BCUT2D eigenvalue weighted by molar-refractivity contribution is 5.89. The normalized spacial score (nSPS) is 15.2. The smallest absolute Gasteiger partial charge is 0.319 e. The lowest BCUT2D eigenvalue weighted by Crippen LogP contribution is -2.44. The van der Waals surface area contributed by atoms with Crippen molar-refractivity contribution in [2.75, 3.05) is 38.7 Å². The monoisotopic (exact) mass is 336 g/mol. The first kappa shape index (κ1) is 18.0. The number of nitrogens with one attached hydrogen (secondary N) is 2. The van der Waals surface area contributed by atoms with Crippen LogP contribution in [0.4, 0.5) is 10.5 Å². The Morgan fingerprint density at radius 2 is 2.25 bits per heavy atom. The predicted molar refractivity (Wildman–Crippen MR) is 89.0 cm³/mol. The summed E-state index contributed by atoms with van der Waals surface area (Å²) in [6.45, 7) is 4.07. The van der Waals surface area contributed by atoms with Crippen molar-refractivity contribution in [1.29, 1.82) is 0 Å². The lowest BCUT2D eigenvalue weighted by Gasteiger charge is -2.21. The molecule has 8 heteroatoms. The van der Waals surface area contributed by atoms with Crippen LogP contribution in [0, 0.1) is 0 Å². The van der Waals surface area contributed by atoms with Gasteiger partial charge in [0.25, 0.3) is 0 Å². The van der Waals surface area contributed by atoms with Crippen LogP contribution < -0.4 is 15.4 Å². The van der Waals surface area contributed by atoms with Crippen molar-refractivity contribution in [3.05, 3.63) is 18.3 Å². The van der Waals surface area contributed by atoms with Gasteiger partial charge in [0.05, 0.1) is 18.5 Å². The van der Waals surface area contributed by atoms with Crippen molar-refractivity contribution in [2.24, 2.45) is 0 Å². The Morgan fingerprint density at radius 3 is 2.88 bits per heavy atom. The van der Waals surface area contributed by atoms with Crippen molar-refractivity contribution < 1.29 is 19.1 Å². The van der Waals surface area contributed by atoms with Crippen LogP contribution in [0.5, 0.6) is 5.88 Å². The van der Waals surface area contributed by atoms with E-state index in [9.17, 15) is 9.59 Å². The molecular formula is C16H24N4O4. The van der Waals surface area contributed by atoms with Crippen LogP contribution in [0.1, 0.15) is 19.8 Å². The molecular weight excluding hydrogens is 312 g/mol. The molecule has 1 atom stereocenters. The van der Waals surface area contributed by atoms with Gasteiger partial charge in [-0.2, -0.15) is 0 Å². The quantitative estimate of drug-likeness (QED) is 0.697. The molecule has 0 spiro atoms. The Bertz CT molecular complexity index is 550. The number of carbonyl (C=O) groups excluding carboxylic acids is 2. The number of ether oxygens (including phenoxy) is 2. The van der Waals surface area contributed by atoms with E-state index in [0.717, 1.165) is 13.0 Å². The Labute approximate surface area is 141 Å². The van der Waals surface area contributed by atoms with Gasteiger partial charge in [-0.3, -0.25) is 4.79 Å². The highest BCUT2D eigenvalue weighted by Crippen LogP contribution is 2.12. The van der Waals surface area contributed by atoms with Crippen molar-refractivity contribution in [1.82, 2.24) is 15.2 Å². The van der Waals surface area contributed by atoms with E-state index >= 15 is 0 Å². The van der Waals surface area contributed by atoms with Gasteiger partial charge >= 0.3 is 6.03 Å². The molecule has 1 aromatic heterocycles. The summed E-state index contributed by atoms with van der Waals surface area (Å²) in [6, 6.07) is 2.93. The maximum Gasteiger partial charge on any atom is 0.319 e. The maximum absolute atomic E-state index is 12.0. The molecule has 8 nitrogen and oxygen atoms in total. The SMILES string of the molecule is COCCOc1ccc(NC(=O)N[C@H](C)CN2CCCC2=O)cn1. The summed E-state index contributed by atoms with van der Waals surface area (Å²) in [5.74, 6) is 0.622. The van der Waals surface area contributed by atoms with Crippen LogP contribution in [0.15, 0.2) is 18.3 Å². The molecule has 0 unspecified atom stereocenters. The number of methoxy groups -OCH3 is 1. The van der Waals surface area contributed by atoms with E-state index in [4.69, 9.17) is 9.47 Å². The summed E-state index contributed by atoms with van der Waals surface area (Å²) >= 11 is 0. The molecule has 2 rings (SSSR count). The summed E-state index contributed by atoms with van der Waals surface area (Å²) in [7, 11) is 1.60. The number of likely N-dealkylation sites (tertiary alicyclic amines) is 1. The number of hydrogen-bond acceptors (Lipinski definition) is 5. The molecule has 0 bridgehead atoms. The number of anilines is 1. The van der Waals surface area contributed by atoms with Gasteiger partial charge in [0.1, 0.15) is 6.61 Å².